The summed E-state index contributed by atoms with van der Waals surface area (Å²) >= 11 is 0. The Morgan fingerprint density at radius 1 is 1.44 bits per heavy atom. The normalized spacial score (nSPS) is 31.4. The van der Waals surface area contributed by atoms with Gasteiger partial charge in [-0.1, -0.05) is 6.42 Å². The van der Waals surface area contributed by atoms with Crippen LogP contribution in [0.25, 0.3) is 0 Å². The maximum Gasteiger partial charge on any atom is 0.417 e. The largest absolute Gasteiger partial charge is 0.481 e. The molecule has 0 aromatic heterocycles. The fourth-order valence-corrected chi connectivity index (χ4v) is 2.20. The predicted octanol–water partition coefficient (Wildman–Crippen LogP) is 2.33. The van der Waals surface area contributed by atoms with E-state index >= 15 is 0 Å². The summed E-state index contributed by atoms with van der Waals surface area (Å²) < 4.78 is 37.6. The molecule has 1 aliphatic carbocycles. The minimum atomic E-state index is -4.62. The summed E-state index contributed by atoms with van der Waals surface area (Å²) in [5.41, 5.74) is -2.62. The summed E-state index contributed by atoms with van der Waals surface area (Å²) in [5.74, 6) is -1.36. The molecule has 0 radical (unpaired) electrons. The molecule has 0 heterocycles. The lowest BCUT2D eigenvalue weighted by atomic mass is 9.76. The molecular formula is C10H15F3O3. The first-order valence-electron chi connectivity index (χ1n) is 5.25. The van der Waals surface area contributed by atoms with Gasteiger partial charge in [0.05, 0.1) is 0 Å². The second kappa shape index (κ2) is 4.61. The van der Waals surface area contributed by atoms with Gasteiger partial charge in [0, 0.05) is 6.42 Å². The molecule has 1 fully saturated rings. The Hall–Kier alpha value is -0.780. The summed E-state index contributed by atoms with van der Waals surface area (Å²) in [6, 6.07) is 0. The first kappa shape index (κ1) is 13.3. The number of rotatable bonds is 3. The molecule has 0 aromatic rings. The lowest BCUT2D eigenvalue weighted by molar-refractivity contribution is -0.274. The molecule has 0 spiro atoms. The van der Waals surface area contributed by atoms with Crippen molar-refractivity contribution in [2.45, 2.75) is 50.3 Å². The smallest absolute Gasteiger partial charge is 0.417 e. The number of alkyl halides is 3. The van der Waals surface area contributed by atoms with Crippen LogP contribution in [0, 0.1) is 5.92 Å². The summed E-state index contributed by atoms with van der Waals surface area (Å²) in [5, 5.41) is 17.9. The van der Waals surface area contributed by atoms with Gasteiger partial charge >= 0.3 is 12.1 Å². The zero-order valence-corrected chi connectivity index (χ0v) is 8.76. The second-order valence-electron chi connectivity index (χ2n) is 4.42. The van der Waals surface area contributed by atoms with Crippen LogP contribution in [0.4, 0.5) is 13.2 Å². The van der Waals surface area contributed by atoms with Gasteiger partial charge in [0.1, 0.15) is 0 Å². The summed E-state index contributed by atoms with van der Waals surface area (Å²) in [4.78, 5) is 10.3. The third-order valence-corrected chi connectivity index (χ3v) is 3.12. The van der Waals surface area contributed by atoms with Crippen molar-refractivity contribution >= 4 is 5.97 Å². The molecule has 2 unspecified atom stereocenters. The van der Waals surface area contributed by atoms with Crippen LogP contribution >= 0.6 is 0 Å². The Labute approximate surface area is 91.3 Å². The van der Waals surface area contributed by atoms with Crippen LogP contribution in [0.5, 0.6) is 0 Å². The highest BCUT2D eigenvalue weighted by atomic mass is 19.4. The van der Waals surface area contributed by atoms with Gasteiger partial charge in [0.25, 0.3) is 0 Å². The number of aliphatic hydroxyl groups is 1. The minimum absolute atomic E-state index is 0.140. The number of hydrogen-bond acceptors (Lipinski definition) is 2. The van der Waals surface area contributed by atoms with Crippen LogP contribution in [0.15, 0.2) is 0 Å². The van der Waals surface area contributed by atoms with Gasteiger partial charge in [0.2, 0.25) is 0 Å². The van der Waals surface area contributed by atoms with Gasteiger partial charge in [-0.3, -0.25) is 4.79 Å². The van der Waals surface area contributed by atoms with E-state index in [9.17, 15) is 23.1 Å². The van der Waals surface area contributed by atoms with Crippen LogP contribution in [-0.2, 0) is 4.79 Å². The van der Waals surface area contributed by atoms with E-state index in [0.717, 1.165) is 0 Å². The first-order valence-corrected chi connectivity index (χ1v) is 5.25. The standard InChI is InChI=1S/C10H15F3O3/c11-10(12,13)9(16)5-1-2-7(6-9)3-4-8(14)15/h7,16H,1-6H2,(H,14,15). The number of aliphatic carboxylic acids is 1. The predicted molar refractivity (Wildman–Crippen MR) is 49.8 cm³/mol. The lowest BCUT2D eigenvalue weighted by Gasteiger charge is -2.37. The average Bonchev–Trinajstić information content (AvgIpc) is 2.13. The zero-order chi connectivity index (χ0) is 12.4. The van der Waals surface area contributed by atoms with Crippen molar-refractivity contribution in [2.24, 2.45) is 5.92 Å². The van der Waals surface area contributed by atoms with Crippen molar-refractivity contribution in [3.05, 3.63) is 0 Å². The van der Waals surface area contributed by atoms with E-state index in [1.807, 2.05) is 0 Å². The quantitative estimate of drug-likeness (QED) is 0.796. The van der Waals surface area contributed by atoms with Crippen LogP contribution in [0.2, 0.25) is 0 Å². The summed E-state index contributed by atoms with van der Waals surface area (Å²) in [7, 11) is 0. The van der Waals surface area contributed by atoms with E-state index in [1.54, 1.807) is 0 Å². The molecule has 2 atom stereocenters. The van der Waals surface area contributed by atoms with Gasteiger partial charge in [0.15, 0.2) is 5.60 Å². The Morgan fingerprint density at radius 3 is 2.56 bits per heavy atom. The van der Waals surface area contributed by atoms with E-state index < -0.39 is 17.7 Å². The summed E-state index contributed by atoms with van der Waals surface area (Å²) in [6.45, 7) is 0. The third kappa shape index (κ3) is 3.10. The van der Waals surface area contributed by atoms with Crippen LogP contribution in [-0.4, -0.2) is 28.0 Å². The van der Waals surface area contributed by atoms with Crippen molar-refractivity contribution in [1.29, 1.82) is 0 Å². The molecule has 0 bridgehead atoms. The summed E-state index contributed by atoms with van der Waals surface area (Å²) in [6.07, 6.45) is -4.35. The van der Waals surface area contributed by atoms with E-state index in [0.29, 0.717) is 12.8 Å². The SMILES string of the molecule is O=C(O)CCC1CCCC(O)(C(F)(F)F)C1. The Morgan fingerprint density at radius 2 is 2.06 bits per heavy atom. The molecule has 0 aliphatic heterocycles. The topological polar surface area (TPSA) is 57.5 Å². The molecule has 6 heteroatoms. The van der Waals surface area contributed by atoms with Crippen LogP contribution in [0.3, 0.4) is 0 Å². The van der Waals surface area contributed by atoms with Crippen molar-refractivity contribution in [1.82, 2.24) is 0 Å². The number of carboxylic acid groups (broad SMARTS) is 1. The van der Waals surface area contributed by atoms with Crippen LogP contribution in [0.1, 0.15) is 38.5 Å². The lowest BCUT2D eigenvalue weighted by Crippen LogP contribution is -2.48. The maximum atomic E-state index is 12.5. The Balaban J connectivity index is 2.56. The molecule has 1 rings (SSSR count). The van der Waals surface area contributed by atoms with Gasteiger partial charge in [-0.05, 0) is 31.6 Å². The second-order valence-corrected chi connectivity index (χ2v) is 4.42. The van der Waals surface area contributed by atoms with Gasteiger partial charge in [-0.2, -0.15) is 13.2 Å². The van der Waals surface area contributed by atoms with Crippen molar-refractivity contribution in [3.8, 4) is 0 Å². The fourth-order valence-electron chi connectivity index (χ4n) is 2.20. The maximum absolute atomic E-state index is 12.5. The highest BCUT2D eigenvalue weighted by molar-refractivity contribution is 5.66. The molecule has 0 aromatic carbocycles. The van der Waals surface area contributed by atoms with E-state index in [-0.39, 0.29) is 31.6 Å². The minimum Gasteiger partial charge on any atom is -0.481 e. The molecule has 0 amide bonds. The first-order chi connectivity index (χ1) is 7.24. The molecule has 2 N–H and O–H groups in total. The monoisotopic (exact) mass is 240 g/mol. The molecule has 1 saturated carbocycles. The fraction of sp³-hybridized carbons (Fsp3) is 0.900. The molecular weight excluding hydrogens is 225 g/mol. The highest BCUT2D eigenvalue weighted by Gasteiger charge is 2.55. The molecule has 3 nitrogen and oxygen atoms in total. The number of halogens is 3. The zero-order valence-electron chi connectivity index (χ0n) is 8.76. The third-order valence-electron chi connectivity index (χ3n) is 3.12. The number of hydrogen-bond donors (Lipinski definition) is 2. The Kier molecular flexibility index (Phi) is 3.83. The Bertz CT molecular complexity index is 265. The van der Waals surface area contributed by atoms with Gasteiger partial charge in [-0.15, -0.1) is 0 Å². The van der Waals surface area contributed by atoms with Crippen molar-refractivity contribution in [2.75, 3.05) is 0 Å². The van der Waals surface area contributed by atoms with E-state index in [2.05, 4.69) is 0 Å². The van der Waals surface area contributed by atoms with Crippen molar-refractivity contribution in [3.63, 3.8) is 0 Å². The van der Waals surface area contributed by atoms with Gasteiger partial charge in [-0.25, -0.2) is 0 Å². The average molecular weight is 240 g/mol. The highest BCUT2D eigenvalue weighted by Crippen LogP contribution is 2.44. The molecule has 0 saturated heterocycles. The van der Waals surface area contributed by atoms with Crippen LogP contribution < -0.4 is 0 Å². The van der Waals surface area contributed by atoms with Crippen molar-refractivity contribution < 1.29 is 28.2 Å². The molecule has 16 heavy (non-hydrogen) atoms. The number of carboxylic acids is 1. The van der Waals surface area contributed by atoms with E-state index in [4.69, 9.17) is 5.11 Å². The van der Waals surface area contributed by atoms with Gasteiger partial charge < -0.3 is 10.2 Å². The van der Waals surface area contributed by atoms with E-state index in [1.165, 1.54) is 0 Å². The number of carbonyl (C=O) groups is 1. The molecule has 1 aliphatic rings. The molecule has 94 valence electrons.